The van der Waals surface area contributed by atoms with Crippen molar-refractivity contribution >= 4 is 5.82 Å². The number of nitrogens with two attached hydrogens (primary N) is 1. The molecule has 0 atom stereocenters. The molecule has 0 aliphatic heterocycles. The van der Waals surface area contributed by atoms with Crippen LogP contribution in [0, 0.1) is 0 Å². The first-order valence-electron chi connectivity index (χ1n) is 6.51. The molecule has 0 saturated heterocycles. The maximum atomic E-state index is 5.93. The van der Waals surface area contributed by atoms with Gasteiger partial charge in [-0.2, -0.15) is 0 Å². The van der Waals surface area contributed by atoms with Crippen LogP contribution in [0.1, 0.15) is 30.0 Å². The van der Waals surface area contributed by atoms with E-state index in [0.29, 0.717) is 5.82 Å². The van der Waals surface area contributed by atoms with Crippen LogP contribution in [0.4, 0.5) is 5.82 Å². The Labute approximate surface area is 107 Å². The Morgan fingerprint density at radius 1 is 1.17 bits per heavy atom. The molecular weight excluding hydrogens is 222 g/mol. The summed E-state index contributed by atoms with van der Waals surface area (Å²) in [7, 11) is 0. The zero-order valence-electron chi connectivity index (χ0n) is 10.6. The molecule has 1 aromatic carbocycles. The number of anilines is 1. The summed E-state index contributed by atoms with van der Waals surface area (Å²) in [5.41, 5.74) is 12.1. The first-order valence-corrected chi connectivity index (χ1v) is 6.51. The van der Waals surface area contributed by atoms with E-state index in [9.17, 15) is 0 Å². The van der Waals surface area contributed by atoms with Crippen LogP contribution in [0.15, 0.2) is 24.5 Å². The Balaban J connectivity index is 2.12. The molecule has 3 heteroatoms. The van der Waals surface area contributed by atoms with Crippen molar-refractivity contribution in [1.82, 2.24) is 9.97 Å². The third-order valence-electron chi connectivity index (χ3n) is 3.70. The fourth-order valence-corrected chi connectivity index (χ4v) is 2.74. The fourth-order valence-electron chi connectivity index (χ4n) is 2.74. The SMILES string of the molecule is CCc1c(N)ncnc1-c1ccc2c(c1)CCC2. The summed E-state index contributed by atoms with van der Waals surface area (Å²) >= 11 is 0. The first kappa shape index (κ1) is 11.2. The second-order valence-corrected chi connectivity index (χ2v) is 4.78. The molecule has 0 bridgehead atoms. The van der Waals surface area contributed by atoms with Gasteiger partial charge in [-0.25, -0.2) is 9.97 Å². The molecule has 3 nitrogen and oxygen atoms in total. The Bertz CT molecular complexity index is 590. The number of nitrogens with zero attached hydrogens (tertiary/aromatic N) is 2. The van der Waals surface area contributed by atoms with E-state index in [1.54, 1.807) is 6.33 Å². The number of aromatic nitrogens is 2. The van der Waals surface area contributed by atoms with Crippen LogP contribution in [-0.2, 0) is 19.3 Å². The van der Waals surface area contributed by atoms with E-state index in [1.165, 1.54) is 36.0 Å². The molecular formula is C15H17N3. The highest BCUT2D eigenvalue weighted by Gasteiger charge is 2.14. The number of rotatable bonds is 2. The Morgan fingerprint density at radius 2 is 2.00 bits per heavy atom. The highest BCUT2D eigenvalue weighted by atomic mass is 14.9. The van der Waals surface area contributed by atoms with Crippen LogP contribution in [0.3, 0.4) is 0 Å². The van der Waals surface area contributed by atoms with E-state index in [0.717, 1.165) is 17.7 Å². The van der Waals surface area contributed by atoms with E-state index in [-0.39, 0.29) is 0 Å². The molecule has 0 amide bonds. The highest BCUT2D eigenvalue weighted by Crippen LogP contribution is 2.30. The van der Waals surface area contributed by atoms with Gasteiger partial charge in [-0.15, -0.1) is 0 Å². The molecule has 3 rings (SSSR count). The van der Waals surface area contributed by atoms with E-state index in [1.807, 2.05) is 0 Å². The lowest BCUT2D eigenvalue weighted by atomic mass is 10.0. The number of hydrogen-bond acceptors (Lipinski definition) is 3. The van der Waals surface area contributed by atoms with Gasteiger partial charge in [-0.3, -0.25) is 0 Å². The van der Waals surface area contributed by atoms with Crippen LogP contribution in [-0.4, -0.2) is 9.97 Å². The van der Waals surface area contributed by atoms with Crippen molar-refractivity contribution in [2.45, 2.75) is 32.6 Å². The summed E-state index contributed by atoms with van der Waals surface area (Å²) in [6.45, 7) is 2.09. The molecule has 92 valence electrons. The van der Waals surface area contributed by atoms with Gasteiger partial charge in [0.15, 0.2) is 0 Å². The maximum Gasteiger partial charge on any atom is 0.130 e. The molecule has 0 radical (unpaired) electrons. The topological polar surface area (TPSA) is 51.8 Å². The van der Waals surface area contributed by atoms with Crippen molar-refractivity contribution < 1.29 is 0 Å². The monoisotopic (exact) mass is 239 g/mol. The average Bonchev–Trinajstić information content (AvgIpc) is 2.85. The summed E-state index contributed by atoms with van der Waals surface area (Å²) < 4.78 is 0. The Morgan fingerprint density at radius 3 is 2.83 bits per heavy atom. The van der Waals surface area contributed by atoms with Crippen molar-refractivity contribution in [3.63, 3.8) is 0 Å². The molecule has 0 spiro atoms. The van der Waals surface area contributed by atoms with Crippen molar-refractivity contribution in [1.29, 1.82) is 0 Å². The van der Waals surface area contributed by atoms with Gasteiger partial charge >= 0.3 is 0 Å². The first-order chi connectivity index (χ1) is 8.79. The third kappa shape index (κ3) is 1.76. The smallest absolute Gasteiger partial charge is 0.130 e. The van der Waals surface area contributed by atoms with Gasteiger partial charge in [0.25, 0.3) is 0 Å². The molecule has 1 aromatic heterocycles. The normalized spacial score (nSPS) is 13.6. The average molecular weight is 239 g/mol. The molecule has 0 saturated carbocycles. The maximum absolute atomic E-state index is 5.93. The predicted octanol–water partition coefficient (Wildman–Crippen LogP) is 2.78. The summed E-state index contributed by atoms with van der Waals surface area (Å²) in [6.07, 6.45) is 6.08. The standard InChI is InChI=1S/C15H17N3/c1-2-13-14(17-9-18-15(13)16)12-7-6-10-4-3-5-11(10)8-12/h6-9H,2-5H2,1H3,(H2,16,17,18). The van der Waals surface area contributed by atoms with Crippen LogP contribution in [0.25, 0.3) is 11.3 Å². The lowest BCUT2D eigenvalue weighted by Crippen LogP contribution is -2.01. The lowest BCUT2D eigenvalue weighted by molar-refractivity contribution is 0.912. The molecule has 2 N–H and O–H groups in total. The molecule has 0 fully saturated rings. The molecule has 0 unspecified atom stereocenters. The molecule has 2 aromatic rings. The zero-order chi connectivity index (χ0) is 12.5. The quantitative estimate of drug-likeness (QED) is 0.876. The number of benzene rings is 1. The number of hydrogen-bond donors (Lipinski definition) is 1. The van der Waals surface area contributed by atoms with Crippen LogP contribution >= 0.6 is 0 Å². The number of nitrogen functional groups attached to an aromatic ring is 1. The summed E-state index contributed by atoms with van der Waals surface area (Å²) in [4.78, 5) is 8.49. The second-order valence-electron chi connectivity index (χ2n) is 4.78. The number of aryl methyl sites for hydroxylation is 2. The van der Waals surface area contributed by atoms with Gasteiger partial charge in [0, 0.05) is 11.1 Å². The highest BCUT2D eigenvalue weighted by molar-refractivity contribution is 5.68. The van der Waals surface area contributed by atoms with E-state index in [2.05, 4.69) is 35.1 Å². The van der Waals surface area contributed by atoms with E-state index >= 15 is 0 Å². The second kappa shape index (κ2) is 4.41. The van der Waals surface area contributed by atoms with Gasteiger partial charge in [0.1, 0.15) is 12.1 Å². The van der Waals surface area contributed by atoms with Crippen LogP contribution in [0.5, 0.6) is 0 Å². The summed E-state index contributed by atoms with van der Waals surface area (Å²) in [5.74, 6) is 0.600. The zero-order valence-corrected chi connectivity index (χ0v) is 10.6. The predicted molar refractivity (Wildman–Crippen MR) is 73.3 cm³/mol. The summed E-state index contributed by atoms with van der Waals surface area (Å²) in [5, 5.41) is 0. The number of fused-ring (bicyclic) bond motifs is 1. The third-order valence-corrected chi connectivity index (χ3v) is 3.70. The minimum Gasteiger partial charge on any atom is -0.383 e. The van der Waals surface area contributed by atoms with E-state index in [4.69, 9.17) is 5.73 Å². The summed E-state index contributed by atoms with van der Waals surface area (Å²) in [6, 6.07) is 6.66. The van der Waals surface area contributed by atoms with E-state index < -0.39 is 0 Å². The molecule has 1 aliphatic rings. The van der Waals surface area contributed by atoms with Crippen LogP contribution < -0.4 is 5.73 Å². The molecule has 1 heterocycles. The Hall–Kier alpha value is -1.90. The molecule has 1 aliphatic carbocycles. The van der Waals surface area contributed by atoms with Gasteiger partial charge in [0.2, 0.25) is 0 Å². The largest absolute Gasteiger partial charge is 0.383 e. The van der Waals surface area contributed by atoms with Gasteiger partial charge in [0.05, 0.1) is 5.69 Å². The van der Waals surface area contributed by atoms with Crippen molar-refractivity contribution in [3.8, 4) is 11.3 Å². The van der Waals surface area contributed by atoms with Crippen molar-refractivity contribution in [3.05, 3.63) is 41.2 Å². The minimum absolute atomic E-state index is 0.600. The fraction of sp³-hybridized carbons (Fsp3) is 0.333. The van der Waals surface area contributed by atoms with Crippen LogP contribution in [0.2, 0.25) is 0 Å². The lowest BCUT2D eigenvalue weighted by Gasteiger charge is -2.10. The van der Waals surface area contributed by atoms with Gasteiger partial charge in [-0.1, -0.05) is 19.1 Å². The minimum atomic E-state index is 0.600. The van der Waals surface area contributed by atoms with Gasteiger partial charge < -0.3 is 5.73 Å². The van der Waals surface area contributed by atoms with Crippen molar-refractivity contribution in [2.75, 3.05) is 5.73 Å². The Kier molecular flexibility index (Phi) is 2.74. The molecule has 18 heavy (non-hydrogen) atoms. The van der Waals surface area contributed by atoms with Gasteiger partial charge in [-0.05, 0) is 42.9 Å². The van der Waals surface area contributed by atoms with Crippen molar-refractivity contribution in [2.24, 2.45) is 0 Å².